The van der Waals surface area contributed by atoms with Crippen LogP contribution in [0, 0.1) is 11.6 Å². The number of rotatable bonds is 6. The van der Waals surface area contributed by atoms with Gasteiger partial charge in [-0.2, -0.15) is 4.31 Å². The van der Waals surface area contributed by atoms with E-state index in [0.717, 1.165) is 27.0 Å². The van der Waals surface area contributed by atoms with Crippen molar-refractivity contribution in [2.45, 2.75) is 15.5 Å². The quantitative estimate of drug-likeness (QED) is 0.486. The van der Waals surface area contributed by atoms with Crippen LogP contribution < -0.4 is 0 Å². The number of carbonyl (C=O) groups is 1. The van der Waals surface area contributed by atoms with E-state index in [1.165, 1.54) is 23.1 Å². The van der Waals surface area contributed by atoms with Gasteiger partial charge < -0.3 is 4.90 Å². The van der Waals surface area contributed by atoms with Gasteiger partial charge in [-0.15, -0.1) is 23.1 Å². The van der Waals surface area contributed by atoms with Crippen LogP contribution in [0.15, 0.2) is 63.1 Å². The van der Waals surface area contributed by atoms with Crippen LogP contribution in [0.4, 0.5) is 8.78 Å². The summed E-state index contributed by atoms with van der Waals surface area (Å²) >= 11 is 3.03. The Morgan fingerprint density at radius 2 is 1.84 bits per heavy atom. The van der Waals surface area contributed by atoms with Crippen LogP contribution in [0.3, 0.4) is 0 Å². The fourth-order valence-corrected chi connectivity index (χ4v) is 6.45. The molecule has 3 aromatic rings. The molecule has 0 unspecified atom stereocenters. The summed E-state index contributed by atoms with van der Waals surface area (Å²) in [5, 5.41) is 1.96. The molecule has 0 radical (unpaired) electrons. The van der Waals surface area contributed by atoms with Crippen LogP contribution in [-0.4, -0.2) is 54.7 Å². The Labute approximate surface area is 192 Å². The van der Waals surface area contributed by atoms with Crippen LogP contribution in [0.5, 0.6) is 0 Å². The second kappa shape index (κ2) is 9.65. The number of halogens is 2. The van der Waals surface area contributed by atoms with Crippen molar-refractivity contribution in [1.29, 1.82) is 0 Å². The summed E-state index contributed by atoms with van der Waals surface area (Å²) in [5.74, 6) is -1.39. The van der Waals surface area contributed by atoms with Crippen LogP contribution in [0.1, 0.15) is 16.1 Å². The Morgan fingerprint density at radius 1 is 1.09 bits per heavy atom. The minimum Gasteiger partial charge on any atom is -0.336 e. The molecule has 1 aliphatic rings. The van der Waals surface area contributed by atoms with Gasteiger partial charge in [0.1, 0.15) is 16.5 Å². The van der Waals surface area contributed by atoms with E-state index in [1.807, 2.05) is 17.5 Å². The van der Waals surface area contributed by atoms with Crippen molar-refractivity contribution in [2.24, 2.45) is 0 Å². The molecule has 11 heteroatoms. The van der Waals surface area contributed by atoms with Crippen molar-refractivity contribution < 1.29 is 22.0 Å². The van der Waals surface area contributed by atoms with Gasteiger partial charge in [-0.1, -0.05) is 12.1 Å². The third-order valence-corrected chi connectivity index (χ3v) is 8.67. The van der Waals surface area contributed by atoms with Gasteiger partial charge >= 0.3 is 0 Å². The lowest BCUT2D eigenvalue weighted by molar-refractivity contribution is 0.0694. The second-order valence-corrected chi connectivity index (χ2v) is 10.7. The molecule has 1 fully saturated rings. The zero-order chi connectivity index (χ0) is 22.7. The molecule has 1 aromatic heterocycles. The van der Waals surface area contributed by atoms with Crippen molar-refractivity contribution >= 4 is 39.0 Å². The van der Waals surface area contributed by atoms with Crippen LogP contribution in [0.25, 0.3) is 0 Å². The predicted octanol–water partition coefficient (Wildman–Crippen LogP) is 3.86. The summed E-state index contributed by atoms with van der Waals surface area (Å²) in [7, 11) is -4.20. The number of thiazole rings is 1. The van der Waals surface area contributed by atoms with Gasteiger partial charge in [0.15, 0.2) is 0 Å². The SMILES string of the molecule is O=C(c1ccccc1SCc1cscn1)N1CCN(S(=O)(=O)c2cc(F)ccc2F)CC1. The summed E-state index contributed by atoms with van der Waals surface area (Å²) in [4.78, 5) is 19.1. The van der Waals surface area contributed by atoms with E-state index in [9.17, 15) is 22.0 Å². The fourth-order valence-electron chi connectivity index (χ4n) is 3.35. The first-order valence-electron chi connectivity index (χ1n) is 9.69. The molecular formula is C21H19F2N3O3S3. The number of carbonyl (C=O) groups excluding carboxylic acids is 1. The molecule has 0 aliphatic carbocycles. The first-order valence-corrected chi connectivity index (χ1v) is 13.1. The third kappa shape index (κ3) is 4.85. The number of amides is 1. The standard InChI is InChI=1S/C21H19F2N3O3S3/c22-15-5-6-18(23)20(11-15)32(28,29)26-9-7-25(8-10-26)21(27)17-3-1-2-4-19(17)31-13-16-12-30-14-24-16/h1-6,11-12,14H,7-10,13H2. The Balaban J connectivity index is 1.44. The van der Waals surface area contributed by atoms with Gasteiger partial charge in [0.2, 0.25) is 10.0 Å². The first-order chi connectivity index (χ1) is 15.4. The molecule has 0 bridgehead atoms. The molecule has 6 nitrogen and oxygen atoms in total. The van der Waals surface area contributed by atoms with Crippen LogP contribution in [0.2, 0.25) is 0 Å². The summed E-state index contributed by atoms with van der Waals surface area (Å²) in [6.07, 6.45) is 0. The van der Waals surface area contributed by atoms with Gasteiger partial charge in [-0.25, -0.2) is 22.2 Å². The highest BCUT2D eigenvalue weighted by atomic mass is 32.2. The van der Waals surface area contributed by atoms with E-state index in [1.54, 1.807) is 22.5 Å². The van der Waals surface area contributed by atoms with Gasteiger partial charge in [0.25, 0.3) is 5.91 Å². The summed E-state index contributed by atoms with van der Waals surface area (Å²) < 4.78 is 54.1. The summed E-state index contributed by atoms with van der Waals surface area (Å²) in [6.45, 7) is 0.302. The zero-order valence-corrected chi connectivity index (χ0v) is 19.2. The lowest BCUT2D eigenvalue weighted by Crippen LogP contribution is -2.50. The highest BCUT2D eigenvalue weighted by Gasteiger charge is 2.33. The van der Waals surface area contributed by atoms with Crippen molar-refractivity contribution in [3.05, 3.63) is 76.2 Å². The Morgan fingerprint density at radius 3 is 2.56 bits per heavy atom. The smallest absolute Gasteiger partial charge is 0.255 e. The molecular weight excluding hydrogens is 476 g/mol. The van der Waals surface area contributed by atoms with Gasteiger partial charge in [0, 0.05) is 42.2 Å². The number of sulfonamides is 1. The Bertz CT molecular complexity index is 1210. The highest BCUT2D eigenvalue weighted by Crippen LogP contribution is 2.28. The average molecular weight is 496 g/mol. The fraction of sp³-hybridized carbons (Fsp3) is 0.238. The van der Waals surface area contributed by atoms with Gasteiger partial charge in [-0.05, 0) is 30.3 Å². The molecule has 2 heterocycles. The van der Waals surface area contributed by atoms with Crippen molar-refractivity contribution in [2.75, 3.05) is 26.2 Å². The third-order valence-electron chi connectivity index (χ3n) is 5.01. The van der Waals surface area contributed by atoms with E-state index in [4.69, 9.17) is 0 Å². The van der Waals surface area contributed by atoms with E-state index in [0.29, 0.717) is 17.4 Å². The molecule has 2 aromatic carbocycles. The zero-order valence-electron chi connectivity index (χ0n) is 16.8. The molecule has 1 saturated heterocycles. The summed E-state index contributed by atoms with van der Waals surface area (Å²) in [6, 6.07) is 9.61. The Hall–Kier alpha value is -2.34. The largest absolute Gasteiger partial charge is 0.336 e. The maximum Gasteiger partial charge on any atom is 0.255 e. The van der Waals surface area contributed by atoms with E-state index in [2.05, 4.69) is 4.98 Å². The normalized spacial score (nSPS) is 15.1. The molecule has 0 spiro atoms. The lowest BCUT2D eigenvalue weighted by atomic mass is 10.2. The minimum absolute atomic E-state index is 0.00183. The average Bonchev–Trinajstić information content (AvgIpc) is 3.33. The van der Waals surface area contributed by atoms with Crippen molar-refractivity contribution in [3.63, 3.8) is 0 Å². The molecule has 0 saturated carbocycles. The number of aromatic nitrogens is 1. The number of benzene rings is 2. The van der Waals surface area contributed by atoms with Crippen LogP contribution in [-0.2, 0) is 15.8 Å². The number of hydrogen-bond donors (Lipinski definition) is 0. The number of hydrogen-bond acceptors (Lipinski definition) is 6. The van der Waals surface area contributed by atoms with Crippen molar-refractivity contribution in [1.82, 2.24) is 14.2 Å². The Kier molecular flexibility index (Phi) is 6.89. The van der Waals surface area contributed by atoms with Crippen molar-refractivity contribution in [3.8, 4) is 0 Å². The summed E-state index contributed by atoms with van der Waals surface area (Å²) in [5.41, 5.74) is 3.24. The number of piperazine rings is 1. The molecule has 0 atom stereocenters. The number of thioether (sulfide) groups is 1. The maximum atomic E-state index is 14.0. The van der Waals surface area contributed by atoms with E-state index in [-0.39, 0.29) is 32.1 Å². The lowest BCUT2D eigenvalue weighted by Gasteiger charge is -2.34. The highest BCUT2D eigenvalue weighted by molar-refractivity contribution is 7.98. The van der Waals surface area contributed by atoms with Crippen LogP contribution >= 0.6 is 23.1 Å². The van der Waals surface area contributed by atoms with E-state index < -0.39 is 26.6 Å². The van der Waals surface area contributed by atoms with Gasteiger partial charge in [-0.3, -0.25) is 4.79 Å². The topological polar surface area (TPSA) is 70.6 Å². The molecule has 4 rings (SSSR count). The molecule has 168 valence electrons. The monoisotopic (exact) mass is 495 g/mol. The molecule has 1 amide bonds. The molecule has 32 heavy (non-hydrogen) atoms. The minimum atomic E-state index is -4.20. The number of nitrogens with zero attached hydrogens (tertiary/aromatic N) is 3. The first kappa shape index (κ1) is 22.8. The predicted molar refractivity (Wildman–Crippen MR) is 119 cm³/mol. The molecule has 0 N–H and O–H groups in total. The molecule has 1 aliphatic heterocycles. The maximum absolute atomic E-state index is 14.0. The second-order valence-electron chi connectivity index (χ2n) is 7.04. The van der Waals surface area contributed by atoms with E-state index >= 15 is 0 Å². The van der Waals surface area contributed by atoms with Gasteiger partial charge in [0.05, 0.1) is 16.8 Å².